The maximum absolute atomic E-state index is 10.4. The molecule has 8 heteroatoms. The molecule has 0 amide bonds. The number of benzene rings is 1. The molecule has 26 heavy (non-hydrogen) atoms. The molecule has 7 nitrogen and oxygen atoms in total. The van der Waals surface area contributed by atoms with Crippen molar-refractivity contribution in [2.75, 3.05) is 13.1 Å². The molecule has 0 saturated carbocycles. The van der Waals surface area contributed by atoms with Crippen molar-refractivity contribution >= 4 is 28.8 Å². The number of nitrogens with one attached hydrogen (secondary N) is 1. The van der Waals surface area contributed by atoms with E-state index < -0.39 is 0 Å². The lowest BCUT2D eigenvalue weighted by Gasteiger charge is -2.27. The number of nitrogens with zero attached hydrogens (tertiary/aromatic N) is 4. The van der Waals surface area contributed by atoms with Crippen molar-refractivity contribution < 1.29 is 9.84 Å². The third-order valence-electron chi connectivity index (χ3n) is 4.34. The lowest BCUT2D eigenvalue weighted by atomic mass is 10.2. The summed E-state index contributed by atoms with van der Waals surface area (Å²) >= 11 is 0. The van der Waals surface area contributed by atoms with Gasteiger partial charge in [0.2, 0.25) is 5.88 Å². The Morgan fingerprint density at radius 3 is 2.85 bits per heavy atom. The van der Waals surface area contributed by atoms with Crippen LogP contribution in [-0.2, 0) is 0 Å². The summed E-state index contributed by atoms with van der Waals surface area (Å²) in [5, 5.41) is 14.1. The monoisotopic (exact) mass is 369 g/mol. The molecule has 0 aliphatic carbocycles. The third-order valence-corrected chi connectivity index (χ3v) is 4.34. The maximum Gasteiger partial charge on any atom is 0.222 e. The van der Waals surface area contributed by atoms with Gasteiger partial charge in [0.1, 0.15) is 17.5 Å². The Kier molecular flexibility index (Phi) is 4.10. The Morgan fingerprint density at radius 1 is 1.15 bits per heavy atom. The first-order chi connectivity index (χ1) is 12.3. The summed E-state index contributed by atoms with van der Waals surface area (Å²) in [5.74, 6) is 1.03. The first kappa shape index (κ1) is 16.6. The zero-order chi connectivity index (χ0) is 16.8. The number of rotatable bonds is 3. The Morgan fingerprint density at radius 2 is 2.04 bits per heavy atom. The van der Waals surface area contributed by atoms with Gasteiger partial charge in [0.05, 0.1) is 17.2 Å². The van der Waals surface area contributed by atoms with Gasteiger partial charge < -0.3 is 19.6 Å². The summed E-state index contributed by atoms with van der Waals surface area (Å²) in [7, 11) is 0. The summed E-state index contributed by atoms with van der Waals surface area (Å²) in [5.41, 5.74) is 2.26. The van der Waals surface area contributed by atoms with E-state index in [0.717, 1.165) is 18.6 Å². The number of halogens is 1. The van der Waals surface area contributed by atoms with Gasteiger partial charge in [-0.15, -0.1) is 12.4 Å². The van der Waals surface area contributed by atoms with E-state index in [2.05, 4.69) is 20.3 Å². The molecule has 1 aliphatic heterocycles. The Bertz CT molecular complexity index is 1090. The van der Waals surface area contributed by atoms with Gasteiger partial charge in [-0.25, -0.2) is 9.97 Å². The van der Waals surface area contributed by atoms with E-state index in [0.29, 0.717) is 28.2 Å². The van der Waals surface area contributed by atoms with Crippen LogP contribution in [0, 0.1) is 0 Å². The standard InChI is InChI=1S/C18H15N5O2.ClH/c24-18-14-7-12(25-13-8-19-9-13)3-4-15(14)21-17(22-18)16-6-11-2-1-5-23(11)10-20-16;/h1-7,10,13,19H,8-9H2,(H,21,22,24);1H. The molecule has 5 rings (SSSR count). The van der Waals surface area contributed by atoms with Gasteiger partial charge in [-0.05, 0) is 36.4 Å². The summed E-state index contributed by atoms with van der Waals surface area (Å²) in [6.45, 7) is 1.68. The lowest BCUT2D eigenvalue weighted by molar-refractivity contribution is 0.142. The fourth-order valence-electron chi connectivity index (χ4n) is 2.88. The number of ether oxygens (including phenoxy) is 1. The summed E-state index contributed by atoms with van der Waals surface area (Å²) in [6.07, 6.45) is 3.81. The fraction of sp³-hybridized carbons (Fsp3) is 0.167. The van der Waals surface area contributed by atoms with Gasteiger partial charge in [0.25, 0.3) is 0 Å². The fourth-order valence-corrected chi connectivity index (χ4v) is 2.88. The van der Waals surface area contributed by atoms with Crippen LogP contribution in [0.2, 0.25) is 0 Å². The predicted molar refractivity (Wildman–Crippen MR) is 99.9 cm³/mol. The maximum atomic E-state index is 10.4. The van der Waals surface area contributed by atoms with Gasteiger partial charge in [-0.3, -0.25) is 0 Å². The molecular formula is C18H16ClN5O2. The average molecular weight is 370 g/mol. The van der Waals surface area contributed by atoms with Crippen LogP contribution in [0.3, 0.4) is 0 Å². The van der Waals surface area contributed by atoms with Crippen molar-refractivity contribution in [3.05, 3.63) is 48.9 Å². The molecule has 1 fully saturated rings. The van der Waals surface area contributed by atoms with E-state index in [4.69, 9.17) is 4.74 Å². The van der Waals surface area contributed by atoms with E-state index >= 15 is 0 Å². The molecular weight excluding hydrogens is 354 g/mol. The van der Waals surface area contributed by atoms with Crippen molar-refractivity contribution in [3.8, 4) is 23.1 Å². The van der Waals surface area contributed by atoms with E-state index in [-0.39, 0.29) is 24.4 Å². The van der Waals surface area contributed by atoms with Crippen molar-refractivity contribution in [1.29, 1.82) is 0 Å². The normalized spacial score (nSPS) is 14.2. The van der Waals surface area contributed by atoms with Gasteiger partial charge in [-0.2, -0.15) is 4.98 Å². The van der Waals surface area contributed by atoms with Crippen LogP contribution in [0.1, 0.15) is 0 Å². The molecule has 132 valence electrons. The lowest BCUT2D eigenvalue weighted by Crippen LogP contribution is -2.50. The minimum atomic E-state index is -0.0748. The summed E-state index contributed by atoms with van der Waals surface area (Å²) < 4.78 is 7.73. The van der Waals surface area contributed by atoms with Crippen LogP contribution in [-0.4, -0.2) is 43.7 Å². The third kappa shape index (κ3) is 2.81. The molecule has 2 N–H and O–H groups in total. The molecule has 4 heterocycles. The molecule has 1 saturated heterocycles. The molecule has 1 aromatic carbocycles. The molecule has 0 atom stereocenters. The zero-order valence-electron chi connectivity index (χ0n) is 13.7. The highest BCUT2D eigenvalue weighted by atomic mass is 35.5. The molecule has 3 aromatic heterocycles. The summed E-state index contributed by atoms with van der Waals surface area (Å²) in [4.78, 5) is 13.1. The first-order valence-corrected chi connectivity index (χ1v) is 8.07. The van der Waals surface area contributed by atoms with Crippen molar-refractivity contribution in [1.82, 2.24) is 24.7 Å². The highest BCUT2D eigenvalue weighted by Gasteiger charge is 2.19. The number of aromatic nitrogens is 4. The molecule has 0 bridgehead atoms. The summed E-state index contributed by atoms with van der Waals surface area (Å²) in [6, 6.07) is 11.3. The molecule has 0 unspecified atom stereocenters. The largest absolute Gasteiger partial charge is 0.493 e. The second kappa shape index (κ2) is 6.44. The van der Waals surface area contributed by atoms with Gasteiger partial charge in [0, 0.05) is 24.8 Å². The Hall–Kier alpha value is -2.90. The second-order valence-electron chi connectivity index (χ2n) is 6.06. The topological polar surface area (TPSA) is 84.6 Å². The number of hydrogen-bond acceptors (Lipinski definition) is 6. The molecule has 0 spiro atoms. The van der Waals surface area contributed by atoms with E-state index in [1.807, 2.05) is 40.9 Å². The minimum absolute atomic E-state index is 0. The van der Waals surface area contributed by atoms with Crippen molar-refractivity contribution in [2.45, 2.75) is 6.10 Å². The van der Waals surface area contributed by atoms with Crippen LogP contribution in [0.5, 0.6) is 11.6 Å². The van der Waals surface area contributed by atoms with E-state index in [1.165, 1.54) is 0 Å². The zero-order valence-corrected chi connectivity index (χ0v) is 14.5. The van der Waals surface area contributed by atoms with E-state index in [1.54, 1.807) is 12.4 Å². The average Bonchev–Trinajstić information content (AvgIpc) is 3.06. The second-order valence-corrected chi connectivity index (χ2v) is 6.06. The van der Waals surface area contributed by atoms with Crippen LogP contribution in [0.25, 0.3) is 27.9 Å². The Labute approximate surface area is 155 Å². The first-order valence-electron chi connectivity index (χ1n) is 8.07. The van der Waals surface area contributed by atoms with Crippen LogP contribution in [0.15, 0.2) is 48.9 Å². The van der Waals surface area contributed by atoms with Gasteiger partial charge in [0.15, 0.2) is 5.82 Å². The highest BCUT2D eigenvalue weighted by molar-refractivity contribution is 5.86. The van der Waals surface area contributed by atoms with Crippen LogP contribution < -0.4 is 10.1 Å². The number of fused-ring (bicyclic) bond motifs is 2. The molecule has 4 aromatic rings. The van der Waals surface area contributed by atoms with Crippen molar-refractivity contribution in [3.63, 3.8) is 0 Å². The van der Waals surface area contributed by atoms with Gasteiger partial charge >= 0.3 is 0 Å². The predicted octanol–water partition coefficient (Wildman–Crippen LogP) is 2.42. The smallest absolute Gasteiger partial charge is 0.222 e. The van der Waals surface area contributed by atoms with E-state index in [9.17, 15) is 5.11 Å². The highest BCUT2D eigenvalue weighted by Crippen LogP contribution is 2.29. The molecule has 0 radical (unpaired) electrons. The number of aromatic hydroxyl groups is 1. The van der Waals surface area contributed by atoms with Crippen LogP contribution >= 0.6 is 12.4 Å². The Balaban J connectivity index is 0.00000168. The molecule has 1 aliphatic rings. The quantitative estimate of drug-likeness (QED) is 0.577. The minimum Gasteiger partial charge on any atom is -0.493 e. The van der Waals surface area contributed by atoms with Gasteiger partial charge in [-0.1, -0.05) is 0 Å². The van der Waals surface area contributed by atoms with Crippen LogP contribution in [0.4, 0.5) is 0 Å². The number of hydrogen-bond donors (Lipinski definition) is 2. The van der Waals surface area contributed by atoms with Crippen molar-refractivity contribution in [2.24, 2.45) is 0 Å². The SMILES string of the molecule is Cl.Oc1nc(-c2cc3cccn3cn2)nc2ccc(OC3CNC3)cc12.